The summed E-state index contributed by atoms with van der Waals surface area (Å²) in [6.07, 6.45) is 3.77. The Bertz CT molecular complexity index is 113. The van der Waals surface area contributed by atoms with Crippen LogP contribution in [0.5, 0.6) is 0 Å². The van der Waals surface area contributed by atoms with E-state index in [0.29, 0.717) is 0 Å². The van der Waals surface area contributed by atoms with Gasteiger partial charge in [-0.15, -0.1) is 0 Å². The van der Waals surface area contributed by atoms with Crippen molar-refractivity contribution in [2.45, 2.75) is 51.2 Å². The van der Waals surface area contributed by atoms with E-state index in [4.69, 9.17) is 4.43 Å². The van der Waals surface area contributed by atoms with Gasteiger partial charge in [0.05, 0.1) is 0 Å². The fourth-order valence-electron chi connectivity index (χ4n) is 1.99. The van der Waals surface area contributed by atoms with Gasteiger partial charge in [-0.05, 0) is 30.3 Å². The fraction of sp³-hybridized carbons (Fsp3) is 1.00. The van der Waals surface area contributed by atoms with E-state index in [1.54, 1.807) is 0 Å². The van der Waals surface area contributed by atoms with Crippen molar-refractivity contribution >= 4 is 20.9 Å². The molecule has 0 aromatic rings. The van der Waals surface area contributed by atoms with Gasteiger partial charge in [-0.3, -0.25) is 0 Å². The third-order valence-corrected chi connectivity index (χ3v) is 7.90. The quantitative estimate of drug-likeness (QED) is 0.484. The van der Waals surface area contributed by atoms with Crippen molar-refractivity contribution < 1.29 is 4.43 Å². The smallest absolute Gasteiger partial charge is 0.192 e. The highest BCUT2D eigenvalue weighted by Gasteiger charge is 2.30. The van der Waals surface area contributed by atoms with Gasteiger partial charge in [0.2, 0.25) is 0 Å². The minimum absolute atomic E-state index is 1.01. The van der Waals surface area contributed by atoms with Gasteiger partial charge in [0, 0.05) is 7.11 Å². The minimum atomic E-state index is -1.34. The Labute approximate surface area is 89.8 Å². The lowest BCUT2D eigenvalue weighted by Gasteiger charge is -2.29. The van der Waals surface area contributed by atoms with E-state index in [9.17, 15) is 0 Å². The van der Waals surface area contributed by atoms with Crippen LogP contribution in [-0.2, 0) is 4.43 Å². The first-order chi connectivity index (χ1) is 6.24. The molecule has 13 heavy (non-hydrogen) atoms. The van der Waals surface area contributed by atoms with E-state index in [2.05, 4.69) is 26.5 Å². The molecule has 1 nitrogen and oxygen atoms in total. The summed E-state index contributed by atoms with van der Waals surface area (Å²) in [6.45, 7) is 4.52. The molecule has 0 atom stereocenters. The maximum absolute atomic E-state index is 5.83. The average Bonchev–Trinajstić information content (AvgIpc) is 2.15. The Morgan fingerprint density at radius 3 is 1.92 bits per heavy atom. The Morgan fingerprint density at radius 2 is 1.62 bits per heavy atom. The van der Waals surface area contributed by atoms with E-state index >= 15 is 0 Å². The second kappa shape index (κ2) is 7.89. The van der Waals surface area contributed by atoms with Crippen molar-refractivity contribution in [3.63, 3.8) is 0 Å². The molecule has 0 spiro atoms. The van der Waals surface area contributed by atoms with E-state index in [1.807, 2.05) is 7.11 Å². The molecule has 0 amide bonds. The van der Waals surface area contributed by atoms with Crippen LogP contribution < -0.4 is 0 Å². The number of thiol groups is 1. The Kier molecular flexibility index (Phi) is 8.21. The monoisotopic (exact) mass is 220 g/mol. The molecule has 0 aliphatic heterocycles. The highest BCUT2D eigenvalue weighted by atomic mass is 32.1. The number of rotatable bonds is 8. The van der Waals surface area contributed by atoms with Gasteiger partial charge < -0.3 is 4.43 Å². The molecule has 0 heterocycles. The van der Waals surface area contributed by atoms with Crippen molar-refractivity contribution in [1.29, 1.82) is 0 Å². The molecule has 0 aromatic carbocycles. The Balaban J connectivity index is 4.07. The largest absolute Gasteiger partial charge is 0.420 e. The van der Waals surface area contributed by atoms with Crippen LogP contribution in [0.15, 0.2) is 0 Å². The summed E-state index contributed by atoms with van der Waals surface area (Å²) in [6, 6.07) is 3.95. The Morgan fingerprint density at radius 1 is 1.08 bits per heavy atom. The third kappa shape index (κ3) is 5.08. The molecule has 0 saturated carbocycles. The van der Waals surface area contributed by atoms with Crippen LogP contribution in [0.25, 0.3) is 0 Å². The van der Waals surface area contributed by atoms with Gasteiger partial charge in [0.25, 0.3) is 0 Å². The first kappa shape index (κ1) is 13.5. The second-order valence-corrected chi connectivity index (χ2v) is 8.44. The van der Waals surface area contributed by atoms with E-state index in [0.717, 1.165) is 5.75 Å². The summed E-state index contributed by atoms with van der Waals surface area (Å²) < 4.78 is 5.83. The van der Waals surface area contributed by atoms with Gasteiger partial charge >= 0.3 is 0 Å². The summed E-state index contributed by atoms with van der Waals surface area (Å²) >= 11 is 4.27. The molecule has 0 radical (unpaired) electrons. The van der Waals surface area contributed by atoms with Crippen molar-refractivity contribution in [2.75, 3.05) is 12.9 Å². The maximum atomic E-state index is 5.83. The lowest BCUT2D eigenvalue weighted by Crippen LogP contribution is -2.36. The molecule has 0 N–H and O–H groups in total. The predicted molar refractivity (Wildman–Crippen MR) is 66.2 cm³/mol. The predicted octanol–water partition coefficient (Wildman–Crippen LogP) is 3.72. The average molecular weight is 220 g/mol. The first-order valence-electron chi connectivity index (χ1n) is 5.40. The summed E-state index contributed by atoms with van der Waals surface area (Å²) in [4.78, 5) is 0. The molecule has 0 unspecified atom stereocenters. The molecule has 0 fully saturated rings. The molecular weight excluding hydrogens is 196 g/mol. The normalized spacial score (nSPS) is 12.0. The molecular formula is C10H24OSSi. The lowest BCUT2D eigenvalue weighted by atomic mass is 10.5. The zero-order valence-electron chi connectivity index (χ0n) is 9.31. The van der Waals surface area contributed by atoms with Gasteiger partial charge in [-0.1, -0.05) is 26.7 Å². The van der Waals surface area contributed by atoms with Crippen LogP contribution in [0, 0.1) is 0 Å². The molecule has 0 aromatic heterocycles. The Hall–Kier alpha value is 0.527. The third-order valence-electron chi connectivity index (χ3n) is 2.63. The zero-order chi connectivity index (χ0) is 10.2. The number of hydrogen-bond acceptors (Lipinski definition) is 2. The first-order valence-corrected chi connectivity index (χ1v) is 8.57. The summed E-state index contributed by atoms with van der Waals surface area (Å²) in [7, 11) is 0.573. The highest BCUT2D eigenvalue weighted by Crippen LogP contribution is 2.26. The van der Waals surface area contributed by atoms with Crippen molar-refractivity contribution in [1.82, 2.24) is 0 Å². The van der Waals surface area contributed by atoms with Crippen LogP contribution in [0.2, 0.25) is 18.1 Å². The topological polar surface area (TPSA) is 9.23 Å². The molecule has 0 bridgehead atoms. The summed E-state index contributed by atoms with van der Waals surface area (Å²) in [5.74, 6) is 1.01. The molecule has 3 heteroatoms. The molecule has 0 rings (SSSR count). The van der Waals surface area contributed by atoms with Crippen LogP contribution in [0.3, 0.4) is 0 Å². The van der Waals surface area contributed by atoms with Crippen LogP contribution in [0.1, 0.15) is 33.1 Å². The van der Waals surface area contributed by atoms with Crippen LogP contribution in [-0.4, -0.2) is 21.2 Å². The van der Waals surface area contributed by atoms with Crippen LogP contribution >= 0.6 is 12.6 Å². The van der Waals surface area contributed by atoms with Crippen molar-refractivity contribution in [2.24, 2.45) is 0 Å². The number of hydrogen-bond donors (Lipinski definition) is 1. The van der Waals surface area contributed by atoms with Crippen molar-refractivity contribution in [3.05, 3.63) is 0 Å². The van der Waals surface area contributed by atoms with Crippen molar-refractivity contribution in [3.8, 4) is 0 Å². The minimum Gasteiger partial charge on any atom is -0.420 e. The van der Waals surface area contributed by atoms with Gasteiger partial charge in [0.15, 0.2) is 8.32 Å². The summed E-state index contributed by atoms with van der Waals surface area (Å²) in [5.41, 5.74) is 0. The lowest BCUT2D eigenvalue weighted by molar-refractivity contribution is 0.386. The SMILES string of the molecule is CCC[Si](CCC)(CCCS)OC. The van der Waals surface area contributed by atoms with E-state index in [1.165, 1.54) is 37.4 Å². The van der Waals surface area contributed by atoms with Crippen LogP contribution in [0.4, 0.5) is 0 Å². The van der Waals surface area contributed by atoms with Gasteiger partial charge in [-0.2, -0.15) is 12.6 Å². The van der Waals surface area contributed by atoms with Gasteiger partial charge in [-0.25, -0.2) is 0 Å². The zero-order valence-corrected chi connectivity index (χ0v) is 11.2. The van der Waals surface area contributed by atoms with E-state index < -0.39 is 8.32 Å². The molecule has 0 aliphatic carbocycles. The van der Waals surface area contributed by atoms with E-state index in [-0.39, 0.29) is 0 Å². The highest BCUT2D eigenvalue weighted by molar-refractivity contribution is 7.80. The maximum Gasteiger partial charge on any atom is 0.192 e. The molecule has 0 saturated heterocycles. The fourth-order valence-corrected chi connectivity index (χ4v) is 6.46. The standard InChI is InChI=1S/C10H24OSSi/c1-4-8-13(11-3,9-5-2)10-6-7-12/h12H,4-10H2,1-3H3. The summed E-state index contributed by atoms with van der Waals surface area (Å²) in [5, 5.41) is 0. The molecule has 0 aliphatic rings. The molecule has 80 valence electrons. The second-order valence-electron chi connectivity index (χ2n) is 3.71. The van der Waals surface area contributed by atoms with Gasteiger partial charge in [0.1, 0.15) is 0 Å².